The Bertz CT molecular complexity index is 946. The van der Waals surface area contributed by atoms with Crippen LogP contribution in [0.5, 0.6) is 0 Å². The Morgan fingerprint density at radius 1 is 1.13 bits per heavy atom. The first-order valence-corrected chi connectivity index (χ1v) is 10.9. The summed E-state index contributed by atoms with van der Waals surface area (Å²) in [6, 6.07) is 16.5. The average molecular weight is 424 g/mol. The molecule has 6 heteroatoms. The lowest BCUT2D eigenvalue weighted by atomic mass is 9.81. The molecule has 1 aliphatic heterocycles. The van der Waals surface area contributed by atoms with Gasteiger partial charge in [0.1, 0.15) is 12.6 Å². The molecule has 164 valence electrons. The van der Waals surface area contributed by atoms with Gasteiger partial charge in [-0.1, -0.05) is 60.2 Å². The van der Waals surface area contributed by atoms with Crippen LogP contribution in [-0.4, -0.2) is 41.3 Å². The lowest BCUT2D eigenvalue weighted by Crippen LogP contribution is -2.44. The number of hydrogen-bond donors (Lipinski definition) is 1. The smallest absolute Gasteiger partial charge is 0.410 e. The number of aryl methyl sites for hydroxylation is 1. The monoisotopic (exact) mass is 423 g/mol. The molecule has 1 heterocycles. The fourth-order valence-corrected chi connectivity index (χ4v) is 5.14. The quantitative estimate of drug-likeness (QED) is 0.741. The summed E-state index contributed by atoms with van der Waals surface area (Å²) >= 11 is 0. The van der Waals surface area contributed by atoms with Crippen LogP contribution in [0.25, 0.3) is 0 Å². The first-order valence-electron chi connectivity index (χ1n) is 10.9. The second-order valence-corrected chi connectivity index (χ2v) is 8.49. The molecule has 1 aliphatic carbocycles. The minimum Gasteiger partial charge on any atom is -0.464 e. The minimum absolute atomic E-state index is 0.128. The van der Waals surface area contributed by atoms with Gasteiger partial charge in [-0.05, 0) is 43.7 Å². The topological polar surface area (TPSA) is 76.1 Å². The van der Waals surface area contributed by atoms with Crippen LogP contribution >= 0.6 is 0 Å². The molecule has 0 aromatic heterocycles. The van der Waals surface area contributed by atoms with Gasteiger partial charge in [-0.3, -0.25) is 4.90 Å². The number of carbonyl (C=O) groups excluding carboxylic acids is 2. The van der Waals surface area contributed by atoms with Gasteiger partial charge < -0.3 is 14.6 Å². The van der Waals surface area contributed by atoms with Crippen LogP contribution in [0.1, 0.15) is 36.5 Å². The molecule has 0 bridgehead atoms. The zero-order valence-electron chi connectivity index (χ0n) is 18.0. The van der Waals surface area contributed by atoms with E-state index in [0.29, 0.717) is 12.8 Å². The van der Waals surface area contributed by atoms with E-state index in [9.17, 15) is 14.7 Å². The molecule has 6 nitrogen and oxygen atoms in total. The molecule has 1 amide bonds. The van der Waals surface area contributed by atoms with Crippen molar-refractivity contribution in [1.29, 1.82) is 0 Å². The number of hydrogen-bond acceptors (Lipinski definition) is 5. The maximum absolute atomic E-state index is 13.0. The predicted octanol–water partition coefficient (Wildman–Crippen LogP) is 3.79. The van der Waals surface area contributed by atoms with Crippen molar-refractivity contribution in [3.63, 3.8) is 0 Å². The van der Waals surface area contributed by atoms with Gasteiger partial charge in [0.25, 0.3) is 0 Å². The molecule has 1 saturated heterocycles. The summed E-state index contributed by atoms with van der Waals surface area (Å²) in [5.41, 5.74) is 1.69. The molecule has 0 spiro atoms. The molecule has 2 aliphatic rings. The highest BCUT2D eigenvalue weighted by Gasteiger charge is 2.60. The van der Waals surface area contributed by atoms with Gasteiger partial charge in [0.2, 0.25) is 0 Å². The van der Waals surface area contributed by atoms with Crippen molar-refractivity contribution in [3.05, 3.63) is 71.3 Å². The highest BCUT2D eigenvalue weighted by atomic mass is 16.6. The van der Waals surface area contributed by atoms with Crippen molar-refractivity contribution >= 4 is 12.1 Å². The summed E-state index contributed by atoms with van der Waals surface area (Å²) in [6.45, 7) is 4.36. The van der Waals surface area contributed by atoms with Crippen molar-refractivity contribution in [1.82, 2.24) is 4.90 Å². The number of amides is 1. The van der Waals surface area contributed by atoms with E-state index in [2.05, 4.69) is 0 Å². The van der Waals surface area contributed by atoms with Gasteiger partial charge in [0.05, 0.1) is 12.2 Å². The number of benzene rings is 2. The van der Waals surface area contributed by atoms with Crippen molar-refractivity contribution in [2.45, 2.75) is 44.9 Å². The Labute approximate surface area is 182 Å². The molecular weight excluding hydrogens is 394 g/mol. The number of nitrogens with zero attached hydrogens (tertiary/aromatic N) is 1. The Morgan fingerprint density at radius 3 is 2.61 bits per heavy atom. The van der Waals surface area contributed by atoms with Crippen molar-refractivity contribution < 1.29 is 24.2 Å². The molecule has 4 rings (SSSR count). The van der Waals surface area contributed by atoms with Crippen LogP contribution in [0.15, 0.2) is 54.6 Å². The van der Waals surface area contributed by atoms with E-state index in [1.165, 1.54) is 4.90 Å². The number of rotatable bonds is 5. The Morgan fingerprint density at radius 2 is 1.90 bits per heavy atom. The van der Waals surface area contributed by atoms with Gasteiger partial charge in [-0.2, -0.15) is 0 Å². The maximum atomic E-state index is 13.0. The molecule has 31 heavy (non-hydrogen) atoms. The molecule has 0 radical (unpaired) electrons. The van der Waals surface area contributed by atoms with Crippen LogP contribution < -0.4 is 0 Å². The molecule has 2 aromatic rings. The third-order valence-electron chi connectivity index (χ3n) is 6.61. The SMILES string of the molecule is CCOC(=O)[C@@H]1[C@H]2CCC(O)(c3cccc(C)c3)[C@H]2CN1C(=O)OCc1ccccc1. The highest BCUT2D eigenvalue weighted by molar-refractivity contribution is 5.83. The van der Waals surface area contributed by atoms with Crippen LogP contribution in [-0.2, 0) is 26.5 Å². The zero-order chi connectivity index (χ0) is 22.0. The fourth-order valence-electron chi connectivity index (χ4n) is 5.14. The van der Waals surface area contributed by atoms with Crippen molar-refractivity contribution in [2.75, 3.05) is 13.2 Å². The maximum Gasteiger partial charge on any atom is 0.410 e. The average Bonchev–Trinajstić information content (AvgIpc) is 3.31. The van der Waals surface area contributed by atoms with E-state index in [1.54, 1.807) is 6.92 Å². The summed E-state index contributed by atoms with van der Waals surface area (Å²) in [6.07, 6.45) is 0.637. The van der Waals surface area contributed by atoms with E-state index in [1.807, 2.05) is 61.5 Å². The third-order valence-corrected chi connectivity index (χ3v) is 6.61. The highest BCUT2D eigenvalue weighted by Crippen LogP contribution is 2.53. The number of ether oxygens (including phenoxy) is 2. The minimum atomic E-state index is -1.09. The molecular formula is C25H29NO5. The fraction of sp³-hybridized carbons (Fsp3) is 0.440. The van der Waals surface area contributed by atoms with E-state index in [0.717, 1.165) is 16.7 Å². The lowest BCUT2D eigenvalue weighted by molar-refractivity contribution is -0.149. The second-order valence-electron chi connectivity index (χ2n) is 8.49. The van der Waals surface area contributed by atoms with Crippen LogP contribution in [0, 0.1) is 18.8 Å². The lowest BCUT2D eigenvalue weighted by Gasteiger charge is -2.31. The summed E-state index contributed by atoms with van der Waals surface area (Å²) in [4.78, 5) is 27.3. The van der Waals surface area contributed by atoms with Crippen LogP contribution in [0.3, 0.4) is 0 Å². The standard InChI is InChI=1S/C25H29NO5/c1-3-30-23(27)22-20-12-13-25(29,19-11-7-8-17(2)14-19)21(20)15-26(22)24(28)31-16-18-9-5-4-6-10-18/h4-11,14,20-22,29H,3,12-13,15-16H2,1-2H3/t20-,21-,22-,25?/m0/s1. The summed E-state index contributed by atoms with van der Waals surface area (Å²) in [7, 11) is 0. The molecule has 4 atom stereocenters. The number of carbonyl (C=O) groups is 2. The molecule has 1 unspecified atom stereocenters. The summed E-state index contributed by atoms with van der Waals surface area (Å²) in [5, 5.41) is 11.7. The van der Waals surface area contributed by atoms with Crippen molar-refractivity contribution in [2.24, 2.45) is 11.8 Å². The van der Waals surface area contributed by atoms with Gasteiger partial charge in [-0.25, -0.2) is 9.59 Å². The van der Waals surface area contributed by atoms with Crippen molar-refractivity contribution in [3.8, 4) is 0 Å². The molecule has 2 aromatic carbocycles. The molecule has 2 fully saturated rings. The van der Waals surface area contributed by atoms with Gasteiger partial charge >= 0.3 is 12.1 Å². The van der Waals surface area contributed by atoms with Crippen LogP contribution in [0.2, 0.25) is 0 Å². The van der Waals surface area contributed by atoms with Gasteiger partial charge in [0.15, 0.2) is 0 Å². The van der Waals surface area contributed by atoms with E-state index in [4.69, 9.17) is 9.47 Å². The number of likely N-dealkylation sites (tertiary alicyclic amines) is 1. The van der Waals surface area contributed by atoms with Gasteiger partial charge in [-0.15, -0.1) is 0 Å². The Balaban J connectivity index is 1.58. The van der Waals surface area contributed by atoms with Crippen LogP contribution in [0.4, 0.5) is 4.79 Å². The third kappa shape index (κ3) is 4.04. The summed E-state index contributed by atoms with van der Waals surface area (Å²) in [5.74, 6) is -0.859. The molecule has 1 saturated carbocycles. The normalized spacial score (nSPS) is 27.1. The van der Waals surface area contributed by atoms with E-state index in [-0.39, 0.29) is 31.6 Å². The Kier molecular flexibility index (Phi) is 6.01. The largest absolute Gasteiger partial charge is 0.464 e. The molecule has 1 N–H and O–H groups in total. The predicted molar refractivity (Wildman–Crippen MR) is 115 cm³/mol. The van der Waals surface area contributed by atoms with E-state index < -0.39 is 23.7 Å². The number of fused-ring (bicyclic) bond motifs is 1. The second kappa shape index (κ2) is 8.71. The zero-order valence-corrected chi connectivity index (χ0v) is 18.0. The number of aliphatic hydroxyl groups is 1. The van der Waals surface area contributed by atoms with Gasteiger partial charge in [0, 0.05) is 12.5 Å². The van der Waals surface area contributed by atoms with E-state index >= 15 is 0 Å². The summed E-state index contributed by atoms with van der Waals surface area (Å²) < 4.78 is 10.8. The first kappa shape index (κ1) is 21.4. The first-order chi connectivity index (χ1) is 14.9. The Hall–Kier alpha value is -2.86. The number of esters is 1.